The lowest BCUT2D eigenvalue weighted by Gasteiger charge is -2.35. The highest BCUT2D eigenvalue weighted by molar-refractivity contribution is 6.19. The Labute approximate surface area is 142 Å². The molecule has 0 amide bonds. The van der Waals surface area contributed by atoms with E-state index in [1.54, 1.807) is 0 Å². The van der Waals surface area contributed by atoms with Crippen LogP contribution in [0.5, 0.6) is 11.5 Å². The average molecular weight is 334 g/mol. The van der Waals surface area contributed by atoms with Gasteiger partial charge in [0.2, 0.25) is 0 Å². The largest absolute Gasteiger partial charge is 0.507 e. The molecule has 0 fully saturated rings. The van der Waals surface area contributed by atoms with Crippen molar-refractivity contribution in [2.45, 2.75) is 39.2 Å². The van der Waals surface area contributed by atoms with Crippen molar-refractivity contribution in [3.8, 4) is 11.5 Å². The number of phenolic OH excluding ortho intramolecular Hbond substituents is 1. The number of hydrogen-bond donors (Lipinski definition) is 1. The first kappa shape index (κ1) is 16.3. The van der Waals surface area contributed by atoms with Gasteiger partial charge in [0.05, 0.1) is 6.61 Å². The van der Waals surface area contributed by atoms with Crippen molar-refractivity contribution in [2.75, 3.05) is 23.9 Å². The lowest BCUT2D eigenvalue weighted by atomic mass is 9.94. The zero-order valence-electron chi connectivity index (χ0n) is 14.2. The van der Waals surface area contributed by atoms with Crippen LogP contribution in [-0.4, -0.2) is 29.7 Å². The molecule has 0 spiro atoms. The fraction of sp³-hybridized carbons (Fsp3) is 0.474. The van der Waals surface area contributed by atoms with Gasteiger partial charge in [-0.2, -0.15) is 0 Å². The van der Waals surface area contributed by atoms with Crippen LogP contribution < -0.4 is 9.64 Å². The maximum Gasteiger partial charge on any atom is 0.127 e. The monoisotopic (exact) mass is 333 g/mol. The van der Waals surface area contributed by atoms with Crippen LogP contribution in [-0.2, 0) is 0 Å². The predicted octanol–water partition coefficient (Wildman–Crippen LogP) is 4.89. The number of phenols is 1. The third-order valence-corrected chi connectivity index (χ3v) is 4.89. The first-order chi connectivity index (χ1) is 10.9. The van der Waals surface area contributed by atoms with Crippen LogP contribution in [0.25, 0.3) is 10.8 Å². The Bertz CT molecular complexity index is 736. The minimum absolute atomic E-state index is 0.0315. The molecule has 4 heteroatoms. The van der Waals surface area contributed by atoms with E-state index < -0.39 is 0 Å². The second kappa shape index (κ2) is 5.79. The summed E-state index contributed by atoms with van der Waals surface area (Å²) in [4.78, 5) is 2.33. The van der Waals surface area contributed by atoms with Crippen molar-refractivity contribution in [1.82, 2.24) is 0 Å². The Morgan fingerprint density at radius 1 is 1.35 bits per heavy atom. The molecular formula is C19H24ClNO2. The summed E-state index contributed by atoms with van der Waals surface area (Å²) >= 11 is 6.29. The van der Waals surface area contributed by atoms with Gasteiger partial charge in [0.1, 0.15) is 11.5 Å². The number of ether oxygens (including phenoxy) is 1. The lowest BCUT2D eigenvalue weighted by molar-refractivity contribution is 0.344. The maximum absolute atomic E-state index is 10.6. The Balaban J connectivity index is 2.35. The summed E-state index contributed by atoms with van der Waals surface area (Å²) < 4.78 is 5.84. The second-order valence-electron chi connectivity index (χ2n) is 7.07. The van der Waals surface area contributed by atoms with Gasteiger partial charge in [0.15, 0.2) is 0 Å². The number of aromatic hydroxyl groups is 1. The Hall–Kier alpha value is -1.61. The third-order valence-electron chi connectivity index (χ3n) is 4.52. The van der Waals surface area contributed by atoms with Crippen molar-refractivity contribution in [3.05, 3.63) is 29.8 Å². The summed E-state index contributed by atoms with van der Waals surface area (Å²) in [6.07, 6.45) is 0. The molecule has 0 bridgehead atoms. The molecule has 23 heavy (non-hydrogen) atoms. The average Bonchev–Trinajstić information content (AvgIpc) is 2.86. The van der Waals surface area contributed by atoms with E-state index in [-0.39, 0.29) is 11.5 Å². The molecule has 1 atom stereocenters. The molecule has 3 rings (SSSR count). The van der Waals surface area contributed by atoms with E-state index in [0.717, 1.165) is 28.8 Å². The minimum atomic E-state index is -0.0315. The van der Waals surface area contributed by atoms with Crippen molar-refractivity contribution in [3.63, 3.8) is 0 Å². The summed E-state index contributed by atoms with van der Waals surface area (Å²) in [7, 11) is 0. The highest BCUT2D eigenvalue weighted by Crippen LogP contribution is 2.49. The van der Waals surface area contributed by atoms with Gasteiger partial charge in [0, 0.05) is 46.4 Å². The number of hydrogen-bond acceptors (Lipinski definition) is 3. The zero-order chi connectivity index (χ0) is 16.8. The molecule has 0 aliphatic carbocycles. The molecule has 1 N–H and O–H groups in total. The fourth-order valence-electron chi connectivity index (χ4n) is 3.52. The van der Waals surface area contributed by atoms with E-state index in [9.17, 15) is 5.11 Å². The minimum Gasteiger partial charge on any atom is -0.507 e. The Kier molecular flexibility index (Phi) is 4.09. The lowest BCUT2D eigenvalue weighted by Crippen LogP contribution is -2.40. The Morgan fingerprint density at radius 3 is 2.70 bits per heavy atom. The normalized spacial score (nSPS) is 17.6. The van der Waals surface area contributed by atoms with Crippen LogP contribution in [0.3, 0.4) is 0 Å². The van der Waals surface area contributed by atoms with E-state index in [0.29, 0.717) is 18.2 Å². The number of halogens is 1. The molecule has 124 valence electrons. The molecular weight excluding hydrogens is 310 g/mol. The standard InChI is InChI=1S/C19H24ClNO2/c1-5-23-16-8-6-7-13-15(22)9-14-17(18(13)16)12(10-20)11-21(14)19(2,3)4/h6-9,12,22H,5,10-11H2,1-4H3/t12-/m1/s1. The summed E-state index contributed by atoms with van der Waals surface area (Å²) in [5.41, 5.74) is 2.24. The van der Waals surface area contributed by atoms with Crippen molar-refractivity contribution < 1.29 is 9.84 Å². The van der Waals surface area contributed by atoms with Gasteiger partial charge in [-0.15, -0.1) is 11.6 Å². The second-order valence-corrected chi connectivity index (χ2v) is 7.38. The van der Waals surface area contributed by atoms with Crippen LogP contribution in [0.2, 0.25) is 0 Å². The molecule has 0 saturated carbocycles. The molecule has 0 saturated heterocycles. The van der Waals surface area contributed by atoms with Gasteiger partial charge < -0.3 is 14.7 Å². The predicted molar refractivity (Wildman–Crippen MR) is 97.3 cm³/mol. The van der Waals surface area contributed by atoms with Gasteiger partial charge in [-0.3, -0.25) is 0 Å². The van der Waals surface area contributed by atoms with Crippen molar-refractivity contribution in [2.24, 2.45) is 0 Å². The van der Waals surface area contributed by atoms with Crippen LogP contribution >= 0.6 is 11.6 Å². The fourth-order valence-corrected chi connectivity index (χ4v) is 3.77. The van der Waals surface area contributed by atoms with E-state index >= 15 is 0 Å². The molecule has 0 aromatic heterocycles. The molecule has 2 aromatic carbocycles. The van der Waals surface area contributed by atoms with Gasteiger partial charge in [-0.1, -0.05) is 12.1 Å². The number of benzene rings is 2. The molecule has 0 unspecified atom stereocenters. The summed E-state index contributed by atoms with van der Waals surface area (Å²) in [6.45, 7) is 9.98. The van der Waals surface area contributed by atoms with Gasteiger partial charge in [0.25, 0.3) is 0 Å². The van der Waals surface area contributed by atoms with E-state index in [2.05, 4.69) is 25.7 Å². The van der Waals surface area contributed by atoms with E-state index in [1.807, 2.05) is 31.2 Å². The van der Waals surface area contributed by atoms with Crippen LogP contribution in [0.4, 0.5) is 5.69 Å². The highest BCUT2D eigenvalue weighted by Gasteiger charge is 2.37. The number of nitrogens with zero attached hydrogens (tertiary/aromatic N) is 1. The first-order valence-corrected chi connectivity index (χ1v) is 8.67. The summed E-state index contributed by atoms with van der Waals surface area (Å²) in [5, 5.41) is 12.4. The maximum atomic E-state index is 10.6. The summed E-state index contributed by atoms with van der Waals surface area (Å²) in [6, 6.07) is 7.71. The van der Waals surface area contributed by atoms with Gasteiger partial charge in [-0.25, -0.2) is 0 Å². The van der Waals surface area contributed by atoms with Crippen LogP contribution in [0.15, 0.2) is 24.3 Å². The molecule has 0 radical (unpaired) electrons. The van der Waals surface area contributed by atoms with Gasteiger partial charge in [-0.05, 0) is 39.3 Å². The first-order valence-electron chi connectivity index (χ1n) is 8.13. The molecule has 3 nitrogen and oxygen atoms in total. The van der Waals surface area contributed by atoms with Crippen molar-refractivity contribution in [1.29, 1.82) is 0 Å². The van der Waals surface area contributed by atoms with Crippen molar-refractivity contribution >= 4 is 28.1 Å². The molecule has 2 aromatic rings. The number of rotatable bonds is 3. The van der Waals surface area contributed by atoms with Gasteiger partial charge >= 0.3 is 0 Å². The van der Waals surface area contributed by atoms with E-state index in [1.165, 1.54) is 5.56 Å². The topological polar surface area (TPSA) is 32.7 Å². The number of alkyl halides is 1. The molecule has 1 aliphatic rings. The zero-order valence-corrected chi connectivity index (χ0v) is 14.9. The highest BCUT2D eigenvalue weighted by atomic mass is 35.5. The molecule has 1 aliphatic heterocycles. The summed E-state index contributed by atoms with van der Waals surface area (Å²) in [5.74, 6) is 1.91. The SMILES string of the molecule is CCOc1cccc2c(O)cc3c(c12)[C@H](CCl)CN3C(C)(C)C. The molecule has 1 heterocycles. The number of fused-ring (bicyclic) bond motifs is 3. The Morgan fingerprint density at radius 2 is 2.09 bits per heavy atom. The van der Waals surface area contributed by atoms with Crippen LogP contribution in [0, 0.1) is 0 Å². The number of anilines is 1. The van der Waals surface area contributed by atoms with Crippen LogP contribution in [0.1, 0.15) is 39.2 Å². The smallest absolute Gasteiger partial charge is 0.127 e. The third kappa shape index (κ3) is 2.61. The van der Waals surface area contributed by atoms with E-state index in [4.69, 9.17) is 16.3 Å². The quantitative estimate of drug-likeness (QED) is 0.812.